The van der Waals surface area contributed by atoms with E-state index in [1.165, 1.54) is 11.1 Å². The summed E-state index contributed by atoms with van der Waals surface area (Å²) in [4.78, 5) is 15.2. The molecule has 0 aliphatic heterocycles. The molecule has 0 saturated carbocycles. The van der Waals surface area contributed by atoms with E-state index < -0.39 is 0 Å². The Bertz CT molecular complexity index is 2820. The molecule has 0 bridgehead atoms. The average molecular weight is 725 g/mol. The van der Waals surface area contributed by atoms with Crippen LogP contribution in [0.5, 0.6) is 5.75 Å². The maximum absolute atomic E-state index is 11.4. The van der Waals surface area contributed by atoms with E-state index in [1.807, 2.05) is 67.0 Å². The summed E-state index contributed by atoms with van der Waals surface area (Å²) < 4.78 is 2.05. The number of para-hydroxylation sites is 1. The van der Waals surface area contributed by atoms with Crippen LogP contribution >= 0.6 is 0 Å². The first-order valence-electron chi connectivity index (χ1n) is 18.9. The zero-order chi connectivity index (χ0) is 38.2. The average Bonchev–Trinajstić information content (AvgIpc) is 3.64. The first kappa shape index (κ1) is 34.6. The molecule has 0 amide bonds. The van der Waals surface area contributed by atoms with Gasteiger partial charge < -0.3 is 5.11 Å². The highest BCUT2D eigenvalue weighted by atomic mass is 16.3. The van der Waals surface area contributed by atoms with Crippen LogP contribution in [-0.2, 0) is 5.41 Å². The second-order valence-corrected chi connectivity index (χ2v) is 15.2. The van der Waals surface area contributed by atoms with Gasteiger partial charge in [-0.3, -0.25) is 9.55 Å². The molecule has 270 valence electrons. The number of rotatable bonds is 7. The summed E-state index contributed by atoms with van der Waals surface area (Å²) in [6.45, 7) is 6.52. The molecule has 0 saturated heterocycles. The third kappa shape index (κ3) is 6.65. The van der Waals surface area contributed by atoms with Crippen molar-refractivity contribution in [3.05, 3.63) is 188 Å². The maximum atomic E-state index is 11.4. The summed E-state index contributed by atoms with van der Waals surface area (Å²) >= 11 is 0. The molecule has 9 rings (SSSR count). The molecule has 5 heteroatoms. The topological polar surface area (TPSA) is 63.8 Å². The molecule has 0 radical (unpaired) electrons. The Morgan fingerprint density at radius 2 is 1.04 bits per heavy atom. The fraction of sp³-hybridized carbons (Fsp3) is 0.0784. The Labute approximate surface area is 327 Å². The van der Waals surface area contributed by atoms with Gasteiger partial charge in [0.05, 0.1) is 11.3 Å². The van der Waals surface area contributed by atoms with Crippen LogP contribution in [0.15, 0.2) is 182 Å². The summed E-state index contributed by atoms with van der Waals surface area (Å²) in [5.74, 6) is 0.794. The number of benzene rings is 6. The van der Waals surface area contributed by atoms with Crippen LogP contribution in [-0.4, -0.2) is 24.6 Å². The number of hydrogen-bond acceptors (Lipinski definition) is 4. The van der Waals surface area contributed by atoms with Crippen molar-refractivity contribution >= 4 is 11.2 Å². The Morgan fingerprint density at radius 1 is 0.464 bits per heavy atom. The Balaban J connectivity index is 1.22. The highest BCUT2D eigenvalue weighted by Crippen LogP contribution is 2.40. The largest absolute Gasteiger partial charge is 0.507 e. The first-order valence-corrected chi connectivity index (χ1v) is 18.9. The molecule has 1 N–H and O–H groups in total. The maximum Gasteiger partial charge on any atom is 0.165 e. The fourth-order valence-electron chi connectivity index (χ4n) is 7.37. The van der Waals surface area contributed by atoms with Crippen molar-refractivity contribution in [1.82, 2.24) is 19.5 Å². The minimum atomic E-state index is -0.124. The van der Waals surface area contributed by atoms with Gasteiger partial charge >= 0.3 is 0 Å². The first-order chi connectivity index (χ1) is 27.3. The molecule has 0 fully saturated rings. The molecule has 6 aromatic carbocycles. The smallest absolute Gasteiger partial charge is 0.165 e. The van der Waals surface area contributed by atoms with Gasteiger partial charge in [-0.05, 0) is 111 Å². The van der Waals surface area contributed by atoms with Crippen LogP contribution in [0.2, 0.25) is 0 Å². The summed E-state index contributed by atoms with van der Waals surface area (Å²) in [6.07, 6.45) is 3.74. The number of phenolic OH excluding ortho intramolecular Hbond substituents is 1. The molecule has 0 unspecified atom stereocenters. The van der Waals surface area contributed by atoms with Crippen molar-refractivity contribution < 1.29 is 5.11 Å². The summed E-state index contributed by atoms with van der Waals surface area (Å²) in [5.41, 5.74) is 14.6. The lowest BCUT2D eigenvalue weighted by atomic mass is 9.86. The summed E-state index contributed by atoms with van der Waals surface area (Å²) in [5, 5.41) is 11.4. The zero-order valence-corrected chi connectivity index (χ0v) is 31.6. The standard InChI is InChI=1S/C51H40N4O/c1-51(2,3)42-23-24-47(56)45(33-42)49-54-48-44(26-28-53-50(48)55(49)43-17-11-6-12-18-43)40-29-39(35-15-9-5-10-16-35)30-41(31-40)46-32-38(25-27-52-46)37-21-19-36(20-22-37)34-13-7-4-8-14-34/h4-33,56H,1-3H3. The van der Waals surface area contributed by atoms with Gasteiger partial charge in [0.1, 0.15) is 11.3 Å². The van der Waals surface area contributed by atoms with Crippen molar-refractivity contribution in [1.29, 1.82) is 0 Å². The van der Waals surface area contributed by atoms with E-state index in [4.69, 9.17) is 15.0 Å². The fourth-order valence-corrected chi connectivity index (χ4v) is 7.37. The highest BCUT2D eigenvalue weighted by Gasteiger charge is 2.23. The van der Waals surface area contributed by atoms with Crippen molar-refractivity contribution in [2.45, 2.75) is 26.2 Å². The van der Waals surface area contributed by atoms with Gasteiger partial charge in [-0.15, -0.1) is 0 Å². The highest BCUT2D eigenvalue weighted by molar-refractivity contribution is 5.95. The Morgan fingerprint density at radius 3 is 1.71 bits per heavy atom. The van der Waals surface area contributed by atoms with Crippen molar-refractivity contribution in [3.8, 4) is 78.6 Å². The van der Waals surface area contributed by atoms with E-state index in [9.17, 15) is 5.11 Å². The summed E-state index contributed by atoms with van der Waals surface area (Å²) in [7, 11) is 0. The Kier molecular flexibility index (Phi) is 8.83. The Hall–Kier alpha value is -7.11. The van der Waals surface area contributed by atoms with Gasteiger partial charge in [0, 0.05) is 29.2 Å². The molecule has 3 heterocycles. The second kappa shape index (κ2) is 14.3. The second-order valence-electron chi connectivity index (χ2n) is 15.2. The number of pyridine rings is 2. The normalized spacial score (nSPS) is 11.6. The minimum absolute atomic E-state index is 0.124. The van der Waals surface area contributed by atoms with E-state index in [2.05, 4.69) is 135 Å². The lowest BCUT2D eigenvalue weighted by Crippen LogP contribution is -2.11. The van der Waals surface area contributed by atoms with Crippen molar-refractivity contribution in [2.24, 2.45) is 0 Å². The lowest BCUT2D eigenvalue weighted by Gasteiger charge is -2.20. The van der Waals surface area contributed by atoms with Crippen LogP contribution < -0.4 is 0 Å². The third-order valence-electron chi connectivity index (χ3n) is 10.4. The molecule has 3 aromatic heterocycles. The van der Waals surface area contributed by atoms with E-state index >= 15 is 0 Å². The lowest BCUT2D eigenvalue weighted by molar-refractivity contribution is 0.475. The van der Waals surface area contributed by atoms with Gasteiger partial charge in [-0.2, -0.15) is 0 Å². The van der Waals surface area contributed by atoms with Crippen molar-refractivity contribution in [3.63, 3.8) is 0 Å². The minimum Gasteiger partial charge on any atom is -0.507 e. The van der Waals surface area contributed by atoms with Crippen LogP contribution in [0.1, 0.15) is 26.3 Å². The van der Waals surface area contributed by atoms with Crippen LogP contribution in [0.3, 0.4) is 0 Å². The van der Waals surface area contributed by atoms with Gasteiger partial charge in [0.25, 0.3) is 0 Å². The van der Waals surface area contributed by atoms with Crippen LogP contribution in [0.25, 0.3) is 84.0 Å². The SMILES string of the molecule is CC(C)(C)c1ccc(O)c(-c2nc3c(-c4cc(-c5ccccc5)cc(-c5cc(-c6ccc(-c7ccccc7)cc6)ccn5)c4)ccnc3n2-c2ccccc2)c1. The zero-order valence-electron chi connectivity index (χ0n) is 31.6. The molecular formula is C51H40N4O. The van der Waals surface area contributed by atoms with E-state index in [0.717, 1.165) is 61.4 Å². The molecule has 56 heavy (non-hydrogen) atoms. The van der Waals surface area contributed by atoms with Crippen LogP contribution in [0.4, 0.5) is 0 Å². The molecular weight excluding hydrogens is 685 g/mol. The number of aromatic hydroxyl groups is 1. The van der Waals surface area contributed by atoms with E-state index in [0.29, 0.717) is 17.0 Å². The van der Waals surface area contributed by atoms with E-state index in [-0.39, 0.29) is 11.2 Å². The molecule has 0 atom stereocenters. The molecule has 9 aromatic rings. The number of fused-ring (bicyclic) bond motifs is 1. The van der Waals surface area contributed by atoms with Gasteiger partial charge in [0.15, 0.2) is 11.5 Å². The molecule has 5 nitrogen and oxygen atoms in total. The predicted octanol–water partition coefficient (Wildman–Crippen LogP) is 12.8. The molecule has 0 spiro atoms. The quantitative estimate of drug-likeness (QED) is 0.178. The number of imidazole rings is 1. The van der Waals surface area contributed by atoms with Crippen molar-refractivity contribution in [2.75, 3.05) is 0 Å². The van der Waals surface area contributed by atoms with Crippen LogP contribution in [0, 0.1) is 0 Å². The number of hydrogen-bond donors (Lipinski definition) is 1. The van der Waals surface area contributed by atoms with Gasteiger partial charge in [0.2, 0.25) is 0 Å². The number of aromatic nitrogens is 4. The monoisotopic (exact) mass is 724 g/mol. The number of phenols is 1. The number of nitrogens with zero attached hydrogens (tertiary/aromatic N) is 4. The van der Waals surface area contributed by atoms with E-state index in [1.54, 1.807) is 6.07 Å². The third-order valence-corrected chi connectivity index (χ3v) is 10.4. The molecule has 0 aliphatic rings. The van der Waals surface area contributed by atoms with Gasteiger partial charge in [-0.25, -0.2) is 9.97 Å². The summed E-state index contributed by atoms with van der Waals surface area (Å²) in [6, 6.07) is 58.4. The van der Waals surface area contributed by atoms with Gasteiger partial charge in [-0.1, -0.05) is 130 Å². The predicted molar refractivity (Wildman–Crippen MR) is 230 cm³/mol. The molecule has 0 aliphatic carbocycles.